The Morgan fingerprint density at radius 3 is 2.90 bits per heavy atom. The topological polar surface area (TPSA) is 102 Å². The first-order valence-electron chi connectivity index (χ1n) is 5.97. The number of aliphatic carboxylic acids is 1. The van der Waals surface area contributed by atoms with Crippen molar-refractivity contribution in [2.24, 2.45) is 5.41 Å². The van der Waals surface area contributed by atoms with Gasteiger partial charge in [0, 0.05) is 12.1 Å². The van der Waals surface area contributed by atoms with E-state index < -0.39 is 33.9 Å². The lowest BCUT2D eigenvalue weighted by atomic mass is 9.85. The number of nitrogens with one attached hydrogen (secondary N) is 1. The number of halogens is 2. The molecular formula is C12H12ClFN2O5. The number of benzene rings is 1. The van der Waals surface area contributed by atoms with Crippen molar-refractivity contribution in [1.82, 2.24) is 0 Å². The lowest BCUT2D eigenvalue weighted by molar-refractivity contribution is -0.384. The van der Waals surface area contributed by atoms with Crippen molar-refractivity contribution < 1.29 is 24.0 Å². The molecule has 1 aliphatic rings. The standard InChI is InChI=1S/C12H12ClFN2O5/c1-12(11(17)18)5-21-4-10(12)15-8-3-7(14)6(13)2-9(8)16(19)20/h2-3,10,15H,4-5H2,1H3,(H,17,18). The summed E-state index contributed by atoms with van der Waals surface area (Å²) in [5, 5.41) is 22.5. The molecule has 1 aliphatic heterocycles. The number of hydrogen-bond acceptors (Lipinski definition) is 5. The summed E-state index contributed by atoms with van der Waals surface area (Å²) in [5.74, 6) is -1.93. The molecule has 2 N–H and O–H groups in total. The SMILES string of the molecule is CC1(C(=O)O)COCC1Nc1cc(F)c(Cl)cc1[N+](=O)[O-]. The number of carboxylic acids is 1. The number of ether oxygens (including phenoxy) is 1. The molecule has 114 valence electrons. The van der Waals surface area contributed by atoms with Gasteiger partial charge in [0.1, 0.15) is 16.9 Å². The molecular weight excluding hydrogens is 307 g/mol. The molecule has 0 saturated carbocycles. The normalized spacial score (nSPS) is 24.8. The molecule has 1 fully saturated rings. The Morgan fingerprint density at radius 1 is 1.67 bits per heavy atom. The molecule has 0 aromatic heterocycles. The molecule has 2 rings (SSSR count). The second-order valence-electron chi connectivity index (χ2n) is 4.98. The summed E-state index contributed by atoms with van der Waals surface area (Å²) in [6.07, 6.45) is 0. The fourth-order valence-electron chi connectivity index (χ4n) is 2.08. The predicted octanol–water partition coefficient (Wildman–Crippen LogP) is 2.29. The van der Waals surface area contributed by atoms with Gasteiger partial charge in [0.05, 0.1) is 29.2 Å². The summed E-state index contributed by atoms with van der Waals surface area (Å²) in [6, 6.07) is 1.03. The number of anilines is 1. The number of rotatable bonds is 4. The summed E-state index contributed by atoms with van der Waals surface area (Å²) in [6.45, 7) is 1.46. The molecule has 0 radical (unpaired) electrons. The van der Waals surface area contributed by atoms with Crippen molar-refractivity contribution in [3.8, 4) is 0 Å². The van der Waals surface area contributed by atoms with Crippen LogP contribution in [0.25, 0.3) is 0 Å². The fourth-order valence-corrected chi connectivity index (χ4v) is 2.23. The predicted molar refractivity (Wildman–Crippen MR) is 72.0 cm³/mol. The monoisotopic (exact) mass is 318 g/mol. The fraction of sp³-hybridized carbons (Fsp3) is 0.417. The molecule has 1 aromatic carbocycles. The summed E-state index contributed by atoms with van der Waals surface area (Å²) in [5.41, 5.74) is -1.82. The molecule has 9 heteroatoms. The van der Waals surface area contributed by atoms with Crippen LogP contribution in [-0.2, 0) is 9.53 Å². The smallest absolute Gasteiger partial charge is 0.313 e. The third-order valence-corrected chi connectivity index (χ3v) is 3.80. The highest BCUT2D eigenvalue weighted by molar-refractivity contribution is 6.31. The number of carboxylic acid groups (broad SMARTS) is 1. The third-order valence-electron chi connectivity index (χ3n) is 3.51. The summed E-state index contributed by atoms with van der Waals surface area (Å²) < 4.78 is 18.6. The van der Waals surface area contributed by atoms with Crippen LogP contribution in [0.15, 0.2) is 12.1 Å². The number of hydrogen-bond donors (Lipinski definition) is 2. The van der Waals surface area contributed by atoms with Crippen LogP contribution in [0.4, 0.5) is 15.8 Å². The van der Waals surface area contributed by atoms with Gasteiger partial charge >= 0.3 is 5.97 Å². The zero-order valence-electron chi connectivity index (χ0n) is 10.9. The lowest BCUT2D eigenvalue weighted by Gasteiger charge is -2.26. The lowest BCUT2D eigenvalue weighted by Crippen LogP contribution is -2.43. The van der Waals surface area contributed by atoms with Gasteiger partial charge in [0.25, 0.3) is 5.69 Å². The third kappa shape index (κ3) is 2.77. The van der Waals surface area contributed by atoms with E-state index in [1.54, 1.807) is 0 Å². The second-order valence-corrected chi connectivity index (χ2v) is 5.38. The molecule has 7 nitrogen and oxygen atoms in total. The highest BCUT2D eigenvalue weighted by Gasteiger charge is 2.47. The van der Waals surface area contributed by atoms with Crippen LogP contribution in [0.2, 0.25) is 5.02 Å². The molecule has 0 amide bonds. The first-order chi connectivity index (χ1) is 9.75. The van der Waals surface area contributed by atoms with E-state index >= 15 is 0 Å². The van der Waals surface area contributed by atoms with Crippen LogP contribution in [0, 0.1) is 21.3 Å². The first kappa shape index (κ1) is 15.5. The number of carbonyl (C=O) groups is 1. The zero-order valence-corrected chi connectivity index (χ0v) is 11.7. The van der Waals surface area contributed by atoms with Gasteiger partial charge in [-0.2, -0.15) is 0 Å². The number of nitrogens with zero attached hydrogens (tertiary/aromatic N) is 1. The Labute approximate surface area is 123 Å². The van der Waals surface area contributed by atoms with Gasteiger partial charge in [-0.3, -0.25) is 14.9 Å². The van der Waals surface area contributed by atoms with Crippen molar-refractivity contribution >= 4 is 28.9 Å². The maximum atomic E-state index is 13.5. The molecule has 2 atom stereocenters. The molecule has 1 saturated heterocycles. The average molecular weight is 319 g/mol. The maximum Gasteiger partial charge on any atom is 0.313 e. The van der Waals surface area contributed by atoms with E-state index in [0.717, 1.165) is 12.1 Å². The summed E-state index contributed by atoms with van der Waals surface area (Å²) in [4.78, 5) is 21.6. The molecule has 1 aromatic rings. The largest absolute Gasteiger partial charge is 0.481 e. The molecule has 0 bridgehead atoms. The van der Waals surface area contributed by atoms with Crippen LogP contribution in [0.5, 0.6) is 0 Å². The van der Waals surface area contributed by atoms with E-state index in [9.17, 15) is 24.4 Å². The van der Waals surface area contributed by atoms with Crippen molar-refractivity contribution in [1.29, 1.82) is 0 Å². The Hall–Kier alpha value is -1.93. The van der Waals surface area contributed by atoms with Gasteiger partial charge < -0.3 is 15.2 Å². The van der Waals surface area contributed by atoms with Gasteiger partial charge in [-0.1, -0.05) is 11.6 Å². The average Bonchev–Trinajstić information content (AvgIpc) is 2.76. The number of nitro benzene ring substituents is 1. The molecule has 2 unspecified atom stereocenters. The van der Waals surface area contributed by atoms with E-state index in [0.29, 0.717) is 0 Å². The van der Waals surface area contributed by atoms with Gasteiger partial charge in [-0.05, 0) is 6.92 Å². The number of nitro groups is 1. The minimum absolute atomic E-state index is 0.0378. The van der Waals surface area contributed by atoms with Gasteiger partial charge in [0.15, 0.2) is 0 Å². The van der Waals surface area contributed by atoms with E-state index in [-0.39, 0.29) is 23.9 Å². The second kappa shape index (κ2) is 5.45. The first-order valence-corrected chi connectivity index (χ1v) is 6.34. The van der Waals surface area contributed by atoms with Crippen molar-refractivity contribution in [3.63, 3.8) is 0 Å². The quantitative estimate of drug-likeness (QED) is 0.652. The molecule has 0 aliphatic carbocycles. The van der Waals surface area contributed by atoms with E-state index in [1.165, 1.54) is 6.92 Å². The van der Waals surface area contributed by atoms with E-state index in [2.05, 4.69) is 5.32 Å². The Morgan fingerprint density at radius 2 is 2.33 bits per heavy atom. The van der Waals surface area contributed by atoms with Gasteiger partial charge in [0.2, 0.25) is 0 Å². The minimum atomic E-state index is -1.26. The Bertz CT molecular complexity index is 612. The van der Waals surface area contributed by atoms with Gasteiger partial charge in [-0.25, -0.2) is 4.39 Å². The van der Waals surface area contributed by atoms with Crippen molar-refractivity contribution in [3.05, 3.63) is 33.1 Å². The van der Waals surface area contributed by atoms with Crippen LogP contribution in [-0.4, -0.2) is 35.3 Å². The Kier molecular flexibility index (Phi) is 4.02. The van der Waals surface area contributed by atoms with Crippen LogP contribution >= 0.6 is 11.6 Å². The highest BCUT2D eigenvalue weighted by Crippen LogP contribution is 2.36. The summed E-state index contributed by atoms with van der Waals surface area (Å²) in [7, 11) is 0. The zero-order chi connectivity index (χ0) is 15.8. The van der Waals surface area contributed by atoms with E-state index in [4.69, 9.17) is 16.3 Å². The van der Waals surface area contributed by atoms with Crippen LogP contribution in [0.3, 0.4) is 0 Å². The highest BCUT2D eigenvalue weighted by atomic mass is 35.5. The van der Waals surface area contributed by atoms with Crippen molar-refractivity contribution in [2.45, 2.75) is 13.0 Å². The maximum absolute atomic E-state index is 13.5. The minimum Gasteiger partial charge on any atom is -0.481 e. The van der Waals surface area contributed by atoms with Gasteiger partial charge in [-0.15, -0.1) is 0 Å². The molecule has 0 spiro atoms. The molecule has 1 heterocycles. The molecule has 21 heavy (non-hydrogen) atoms. The summed E-state index contributed by atoms with van der Waals surface area (Å²) >= 11 is 5.53. The van der Waals surface area contributed by atoms with Crippen molar-refractivity contribution in [2.75, 3.05) is 18.5 Å². The van der Waals surface area contributed by atoms with Crippen LogP contribution in [0.1, 0.15) is 6.92 Å². The van der Waals surface area contributed by atoms with Crippen LogP contribution < -0.4 is 5.32 Å². The van der Waals surface area contributed by atoms with E-state index in [1.807, 2.05) is 0 Å². The Balaban J connectivity index is 2.37.